The molecule has 19 heteroatoms. The number of alkyl halides is 1. The van der Waals surface area contributed by atoms with Crippen molar-refractivity contribution in [2.45, 2.75) is 6.92 Å². The highest BCUT2D eigenvalue weighted by Crippen LogP contribution is 2.31. The minimum absolute atomic E-state index is 0. The van der Waals surface area contributed by atoms with Gasteiger partial charge in [0.15, 0.2) is 21.2 Å². The predicted molar refractivity (Wildman–Crippen MR) is 287 cm³/mol. The number of piperazine rings is 2. The van der Waals surface area contributed by atoms with E-state index in [4.69, 9.17) is 33.2 Å². The Morgan fingerprint density at radius 1 is 0.800 bits per heavy atom. The number of thioether (sulfide) groups is 1. The number of hydrogen-bond acceptors (Lipinski definition) is 14. The van der Waals surface area contributed by atoms with Crippen molar-refractivity contribution in [2.24, 2.45) is 10.7 Å². The quantitative estimate of drug-likeness (QED) is 0.0237. The van der Waals surface area contributed by atoms with Gasteiger partial charge in [0, 0.05) is 86.2 Å². The van der Waals surface area contributed by atoms with Crippen LogP contribution in [-0.2, 0) is 0 Å². The molecule has 5 aromatic rings. The lowest BCUT2D eigenvalue weighted by Gasteiger charge is -2.34. The van der Waals surface area contributed by atoms with Crippen molar-refractivity contribution >= 4 is 117 Å². The zero-order valence-corrected chi connectivity index (χ0v) is 43.0. The number of carbonyl (C=O) groups is 2. The van der Waals surface area contributed by atoms with Crippen LogP contribution >= 0.6 is 61.1 Å². The number of Topliss-reactive ketones (excluding diaryl/α,β-unsaturated/α-hetero) is 1. The number of halogens is 1. The van der Waals surface area contributed by atoms with E-state index in [0.29, 0.717) is 48.2 Å². The van der Waals surface area contributed by atoms with E-state index in [2.05, 4.69) is 94.5 Å². The molecule has 2 fully saturated rings. The Kier molecular flexibility index (Phi) is 21.9. The lowest BCUT2D eigenvalue weighted by Crippen LogP contribution is -2.44. The highest BCUT2D eigenvalue weighted by atomic mass is 79.9. The third-order valence-corrected chi connectivity index (χ3v) is 12.5. The van der Waals surface area contributed by atoms with Crippen LogP contribution < -0.4 is 41.4 Å². The third-order valence-electron chi connectivity index (χ3n) is 10.2. The van der Waals surface area contributed by atoms with E-state index in [1.807, 2.05) is 37.3 Å². The molecule has 1 atom stereocenters. The fraction of sp³-hybridized carbons (Fsp3) is 0.326. The Morgan fingerprint density at radius 3 is 1.78 bits per heavy atom. The number of thiocarbonyl (C=S) groups is 1. The zero-order chi connectivity index (χ0) is 46.0. The molecular weight excluding hydrogens is 964 g/mol. The number of nitrogens with zero attached hydrogens (tertiary/aromatic N) is 6. The Labute approximate surface area is 408 Å². The van der Waals surface area contributed by atoms with Crippen LogP contribution in [0.3, 0.4) is 0 Å². The number of nitrogens with two attached hydrogens (primary N) is 2. The summed E-state index contributed by atoms with van der Waals surface area (Å²) in [6.45, 7) is 10.6. The summed E-state index contributed by atoms with van der Waals surface area (Å²) < 4.78 is 10.2. The largest absolute Gasteiger partial charge is 0.497 e. The van der Waals surface area contributed by atoms with Gasteiger partial charge in [0.1, 0.15) is 22.2 Å². The van der Waals surface area contributed by atoms with Gasteiger partial charge in [-0.3, -0.25) is 9.59 Å². The molecule has 7 rings (SSSR count). The number of amidine groups is 1. The fourth-order valence-electron chi connectivity index (χ4n) is 6.51. The van der Waals surface area contributed by atoms with Crippen molar-refractivity contribution in [3.63, 3.8) is 0 Å². The van der Waals surface area contributed by atoms with Crippen LogP contribution in [0.5, 0.6) is 11.5 Å². The Hall–Kier alpha value is -4.81. The van der Waals surface area contributed by atoms with Crippen LogP contribution in [0.1, 0.15) is 32.5 Å². The van der Waals surface area contributed by atoms with Crippen LogP contribution in [0.25, 0.3) is 0 Å². The van der Waals surface area contributed by atoms with E-state index >= 15 is 0 Å². The molecule has 0 aliphatic carbocycles. The number of thiazole rings is 1. The number of benzene rings is 4. The van der Waals surface area contributed by atoms with Crippen molar-refractivity contribution in [1.82, 2.24) is 14.8 Å². The molecule has 65 heavy (non-hydrogen) atoms. The highest BCUT2D eigenvalue weighted by Gasteiger charge is 2.20. The summed E-state index contributed by atoms with van der Waals surface area (Å²) in [6.07, 6.45) is 0. The monoisotopic (exact) mass is 1020 g/mol. The van der Waals surface area contributed by atoms with Gasteiger partial charge in [0.2, 0.25) is 5.78 Å². The van der Waals surface area contributed by atoms with Crippen molar-refractivity contribution in [1.29, 1.82) is 0 Å². The molecule has 348 valence electrons. The number of nitrogen functional groups attached to an aromatic ring is 1. The maximum Gasteiger partial charge on any atom is 0.206 e. The normalized spacial score (nSPS) is 14.1. The summed E-state index contributed by atoms with van der Waals surface area (Å²) in [4.78, 5) is 42.4. The standard InChI is InChI=1S/C22H25N5O2S.C15H23N5S2.C9H9BrO2.H3P/c1-26-10-12-27(13-11-26)17-8-6-16(7-9-17)24-22-25-21(23)20(30-22)19(28)15-4-3-5-18(14-15)29-2;1-3-22-14(16)18-15(21)17-12-4-6-13(7-5-12)20-10-8-19(2)9-11-20;1-12-8-4-2-3-7(5-8)9(11)6-10;/h3-9,14H,10-13,23H2,1-2H3,(H,24,25);4-7H,3,8-11H2,1-2H3,(H3,16,17,18,21);2-5H,6H2,1H3;1H3. The van der Waals surface area contributed by atoms with Crippen molar-refractivity contribution < 1.29 is 19.1 Å². The van der Waals surface area contributed by atoms with Crippen molar-refractivity contribution in [3.8, 4) is 11.5 Å². The molecule has 0 saturated carbocycles. The first-order valence-corrected chi connectivity index (χ1v) is 24.0. The summed E-state index contributed by atoms with van der Waals surface area (Å²) in [5, 5.41) is 8.17. The second kappa shape index (κ2) is 27.0. The van der Waals surface area contributed by atoms with E-state index in [1.54, 1.807) is 56.7 Å². The number of rotatable bonds is 12. The van der Waals surface area contributed by atoms with Crippen LogP contribution in [-0.4, -0.2) is 128 Å². The van der Waals surface area contributed by atoms with Crippen LogP contribution in [0.4, 0.5) is 33.7 Å². The number of likely N-dealkylation sites (N-methyl/N-ethyl adjacent to an activating group) is 2. The van der Waals surface area contributed by atoms with Crippen LogP contribution in [0.15, 0.2) is 102 Å². The molecule has 0 amide bonds. The predicted octanol–water partition coefficient (Wildman–Crippen LogP) is 7.99. The fourth-order valence-corrected chi connectivity index (χ4v) is 8.43. The summed E-state index contributed by atoms with van der Waals surface area (Å²) in [5.74, 6) is 2.35. The minimum Gasteiger partial charge on any atom is -0.497 e. The SMILES string of the molecule is CCSC(N)=NC(=S)Nc1ccc(N2CCN(C)CC2)cc1.COc1cccc(C(=O)CBr)c1.COc1cccc(C(=O)c2sc(Nc3ccc(N4CCN(C)CC4)cc3)nc2N)c1.P. The zero-order valence-electron chi connectivity index (χ0n) is 37.6. The molecule has 0 radical (unpaired) electrons. The molecule has 2 saturated heterocycles. The number of anilines is 6. The second-order valence-corrected chi connectivity index (χ2v) is 17.9. The van der Waals surface area contributed by atoms with Gasteiger partial charge in [0.25, 0.3) is 0 Å². The average molecular weight is 1020 g/mol. The van der Waals surface area contributed by atoms with E-state index in [1.165, 1.54) is 34.5 Å². The maximum atomic E-state index is 12.8. The molecule has 2 aliphatic rings. The van der Waals surface area contributed by atoms with Gasteiger partial charge in [0.05, 0.1) is 19.5 Å². The molecule has 14 nitrogen and oxygen atoms in total. The maximum absolute atomic E-state index is 12.8. The van der Waals surface area contributed by atoms with Crippen molar-refractivity contribution in [2.75, 3.05) is 118 Å². The number of ketones is 2. The van der Waals surface area contributed by atoms with Gasteiger partial charge in [-0.2, -0.15) is 14.9 Å². The molecule has 2 aliphatic heterocycles. The van der Waals surface area contributed by atoms with Gasteiger partial charge in [-0.1, -0.05) is 70.2 Å². The molecule has 4 aromatic carbocycles. The smallest absolute Gasteiger partial charge is 0.206 e. The van der Waals surface area contributed by atoms with Gasteiger partial charge in [-0.05, 0) is 105 Å². The molecule has 0 spiro atoms. The molecule has 0 bridgehead atoms. The first-order valence-electron chi connectivity index (χ1n) is 20.7. The van der Waals surface area contributed by atoms with E-state index in [-0.39, 0.29) is 27.3 Å². The van der Waals surface area contributed by atoms with Crippen molar-refractivity contribution in [3.05, 3.63) is 113 Å². The number of carbonyl (C=O) groups excluding carboxylic acids is 2. The van der Waals surface area contributed by atoms with Gasteiger partial charge in [-0.15, -0.1) is 0 Å². The topological polar surface area (TPSA) is 167 Å². The van der Waals surface area contributed by atoms with Gasteiger partial charge >= 0.3 is 0 Å². The number of hydrogen-bond donors (Lipinski definition) is 4. The molecule has 1 aromatic heterocycles. The molecule has 3 heterocycles. The number of ether oxygens (including phenoxy) is 2. The van der Waals surface area contributed by atoms with Crippen LogP contribution in [0.2, 0.25) is 0 Å². The van der Waals surface area contributed by atoms with Gasteiger partial charge < -0.3 is 51.2 Å². The molecule has 6 N–H and O–H groups in total. The lowest BCUT2D eigenvalue weighted by atomic mass is 10.1. The Bertz CT molecular complexity index is 2320. The van der Waals surface area contributed by atoms with E-state index in [0.717, 1.165) is 69.5 Å². The number of nitrogens with one attached hydrogen (secondary N) is 2. The highest BCUT2D eigenvalue weighted by molar-refractivity contribution is 9.09. The number of methoxy groups -OCH3 is 2. The number of aromatic nitrogens is 1. The summed E-state index contributed by atoms with van der Waals surface area (Å²) >= 11 is 11.0. The Balaban J connectivity index is 0.000000232. The average Bonchev–Trinajstić information content (AvgIpc) is 3.69. The first-order chi connectivity index (χ1) is 30.9. The molecular formula is C46H60BrN10O4PS3. The summed E-state index contributed by atoms with van der Waals surface area (Å²) in [6, 6.07) is 30.7. The lowest BCUT2D eigenvalue weighted by molar-refractivity contribution is 0.102. The molecule has 1 unspecified atom stereocenters. The third kappa shape index (κ3) is 16.5. The number of aliphatic imine (C=N–C) groups is 1. The minimum atomic E-state index is -0.164. The summed E-state index contributed by atoms with van der Waals surface area (Å²) in [5.41, 5.74) is 17.3. The second-order valence-electron chi connectivity index (χ2n) is 14.7. The van der Waals surface area contributed by atoms with E-state index < -0.39 is 0 Å². The summed E-state index contributed by atoms with van der Waals surface area (Å²) in [7, 11) is 7.46. The van der Waals surface area contributed by atoms with Gasteiger partial charge in [-0.25, -0.2) is 4.98 Å². The van der Waals surface area contributed by atoms with E-state index in [9.17, 15) is 9.59 Å². The van der Waals surface area contributed by atoms with Crippen LogP contribution in [0, 0.1) is 0 Å². The Morgan fingerprint density at radius 2 is 1.29 bits per heavy atom. The first kappa shape index (κ1) is 52.8.